The largest absolute Gasteiger partial charge is 0.369 e. The van der Waals surface area contributed by atoms with E-state index in [0.717, 1.165) is 17.7 Å². The molecule has 0 radical (unpaired) electrons. The standard InChI is InChI=1S/C14H10ClF2N3/c1-7-3-2-4-11-12(7)20(14(18)19-11)13-9(15)5-8(16)6-10(13)17/h2-6H,1H3,(H2,18,19). The third kappa shape index (κ3) is 1.82. The Morgan fingerprint density at radius 3 is 2.70 bits per heavy atom. The van der Waals surface area contributed by atoms with E-state index in [1.54, 1.807) is 6.07 Å². The molecule has 20 heavy (non-hydrogen) atoms. The summed E-state index contributed by atoms with van der Waals surface area (Å²) in [6.45, 7) is 1.86. The van der Waals surface area contributed by atoms with Crippen molar-refractivity contribution < 1.29 is 8.78 Å². The lowest BCUT2D eigenvalue weighted by Crippen LogP contribution is -2.05. The third-order valence-electron chi connectivity index (χ3n) is 3.11. The number of para-hydroxylation sites is 1. The maximum atomic E-state index is 14.1. The Kier molecular flexibility index (Phi) is 2.87. The first-order valence-electron chi connectivity index (χ1n) is 5.87. The molecule has 3 aromatic rings. The Balaban J connectivity index is 2.44. The minimum absolute atomic E-state index is 0.00219. The minimum Gasteiger partial charge on any atom is -0.369 e. The maximum Gasteiger partial charge on any atom is 0.206 e. The van der Waals surface area contributed by atoms with Gasteiger partial charge in [-0.05, 0) is 24.6 Å². The molecule has 0 saturated carbocycles. The summed E-state index contributed by atoms with van der Waals surface area (Å²) in [5.41, 5.74) is 8.01. The lowest BCUT2D eigenvalue weighted by atomic mass is 10.2. The van der Waals surface area contributed by atoms with E-state index < -0.39 is 11.6 Å². The normalized spacial score (nSPS) is 11.2. The zero-order valence-corrected chi connectivity index (χ0v) is 11.2. The summed E-state index contributed by atoms with van der Waals surface area (Å²) >= 11 is 5.97. The van der Waals surface area contributed by atoms with Gasteiger partial charge in [0.15, 0.2) is 5.82 Å². The number of fused-ring (bicyclic) bond motifs is 1. The second kappa shape index (κ2) is 4.45. The molecule has 0 aliphatic rings. The molecule has 2 N–H and O–H groups in total. The number of aryl methyl sites for hydroxylation is 1. The Morgan fingerprint density at radius 1 is 1.25 bits per heavy atom. The first kappa shape index (κ1) is 12.9. The van der Waals surface area contributed by atoms with Gasteiger partial charge in [0.25, 0.3) is 0 Å². The van der Waals surface area contributed by atoms with Gasteiger partial charge in [-0.3, -0.25) is 4.57 Å². The van der Waals surface area contributed by atoms with E-state index in [4.69, 9.17) is 17.3 Å². The van der Waals surface area contributed by atoms with Gasteiger partial charge in [0.2, 0.25) is 5.95 Å². The van der Waals surface area contributed by atoms with E-state index >= 15 is 0 Å². The molecule has 1 heterocycles. The molecule has 3 rings (SSSR count). The highest BCUT2D eigenvalue weighted by Gasteiger charge is 2.18. The van der Waals surface area contributed by atoms with Gasteiger partial charge in [0.1, 0.15) is 11.5 Å². The molecule has 102 valence electrons. The molecule has 3 nitrogen and oxygen atoms in total. The van der Waals surface area contributed by atoms with E-state index in [2.05, 4.69) is 4.98 Å². The van der Waals surface area contributed by atoms with E-state index in [9.17, 15) is 8.78 Å². The van der Waals surface area contributed by atoms with Crippen LogP contribution in [0.15, 0.2) is 30.3 Å². The zero-order chi connectivity index (χ0) is 14.4. The number of aromatic nitrogens is 2. The fraction of sp³-hybridized carbons (Fsp3) is 0.0714. The van der Waals surface area contributed by atoms with Crippen molar-refractivity contribution in [2.45, 2.75) is 6.92 Å². The highest BCUT2D eigenvalue weighted by atomic mass is 35.5. The number of imidazole rings is 1. The Hall–Kier alpha value is -2.14. The number of hydrogen-bond acceptors (Lipinski definition) is 2. The molecule has 0 unspecified atom stereocenters. The van der Waals surface area contributed by atoms with Gasteiger partial charge in [-0.15, -0.1) is 0 Å². The van der Waals surface area contributed by atoms with Crippen LogP contribution in [0.3, 0.4) is 0 Å². The number of anilines is 1. The van der Waals surface area contributed by atoms with Crippen molar-refractivity contribution in [2.24, 2.45) is 0 Å². The van der Waals surface area contributed by atoms with Crippen molar-refractivity contribution >= 4 is 28.6 Å². The highest BCUT2D eigenvalue weighted by Crippen LogP contribution is 2.32. The van der Waals surface area contributed by atoms with Crippen molar-refractivity contribution in [2.75, 3.05) is 5.73 Å². The zero-order valence-electron chi connectivity index (χ0n) is 10.5. The van der Waals surface area contributed by atoms with Crippen LogP contribution in [0.4, 0.5) is 14.7 Å². The second-order valence-corrected chi connectivity index (χ2v) is 4.87. The van der Waals surface area contributed by atoms with Crippen LogP contribution in [-0.2, 0) is 0 Å². The Labute approximate surface area is 118 Å². The molecular formula is C14H10ClF2N3. The molecule has 0 fully saturated rings. The monoisotopic (exact) mass is 293 g/mol. The topological polar surface area (TPSA) is 43.8 Å². The lowest BCUT2D eigenvalue weighted by Gasteiger charge is -2.11. The van der Waals surface area contributed by atoms with Gasteiger partial charge >= 0.3 is 0 Å². The SMILES string of the molecule is Cc1cccc2nc(N)n(-c3c(F)cc(F)cc3Cl)c12. The van der Waals surface area contributed by atoms with Crippen LogP contribution in [0.2, 0.25) is 5.02 Å². The van der Waals surface area contributed by atoms with Crippen molar-refractivity contribution in [3.8, 4) is 5.69 Å². The van der Waals surface area contributed by atoms with Crippen LogP contribution in [-0.4, -0.2) is 9.55 Å². The van der Waals surface area contributed by atoms with Crippen LogP contribution in [0.5, 0.6) is 0 Å². The van der Waals surface area contributed by atoms with Crippen LogP contribution < -0.4 is 5.73 Å². The third-order valence-corrected chi connectivity index (χ3v) is 3.40. The molecule has 0 amide bonds. The summed E-state index contributed by atoms with van der Waals surface area (Å²) in [4.78, 5) is 4.18. The van der Waals surface area contributed by atoms with E-state index in [1.807, 2.05) is 19.1 Å². The second-order valence-electron chi connectivity index (χ2n) is 4.47. The molecule has 0 atom stereocenters. The molecule has 1 aromatic heterocycles. The minimum atomic E-state index is -0.788. The van der Waals surface area contributed by atoms with Gasteiger partial charge in [-0.2, -0.15) is 0 Å². The predicted molar refractivity (Wildman–Crippen MR) is 75.1 cm³/mol. The Bertz CT molecular complexity index is 804. The number of nitrogens with zero attached hydrogens (tertiary/aromatic N) is 2. The van der Waals surface area contributed by atoms with Crippen molar-refractivity contribution in [3.05, 3.63) is 52.6 Å². The number of nitrogen functional groups attached to an aromatic ring is 1. The van der Waals surface area contributed by atoms with E-state index in [-0.39, 0.29) is 16.7 Å². The smallest absolute Gasteiger partial charge is 0.206 e. The molecule has 0 bridgehead atoms. The Morgan fingerprint density at radius 2 is 2.00 bits per heavy atom. The number of rotatable bonds is 1. The van der Waals surface area contributed by atoms with Crippen LogP contribution in [0, 0.1) is 18.6 Å². The number of halogens is 3. The number of hydrogen-bond donors (Lipinski definition) is 1. The summed E-state index contributed by atoms with van der Waals surface area (Å²) in [5.74, 6) is -1.43. The fourth-order valence-corrected chi connectivity index (χ4v) is 2.57. The molecule has 0 saturated heterocycles. The van der Waals surface area contributed by atoms with Crippen molar-refractivity contribution in [1.29, 1.82) is 0 Å². The molecule has 0 spiro atoms. The average Bonchev–Trinajstić information content (AvgIpc) is 2.66. The predicted octanol–water partition coefficient (Wildman–Crippen LogP) is 3.85. The van der Waals surface area contributed by atoms with Crippen LogP contribution in [0.1, 0.15) is 5.56 Å². The van der Waals surface area contributed by atoms with E-state index in [0.29, 0.717) is 11.0 Å². The average molecular weight is 294 g/mol. The van der Waals surface area contributed by atoms with Crippen LogP contribution >= 0.6 is 11.6 Å². The van der Waals surface area contributed by atoms with Gasteiger partial charge < -0.3 is 5.73 Å². The van der Waals surface area contributed by atoms with Gasteiger partial charge in [-0.25, -0.2) is 13.8 Å². The fourth-order valence-electron chi connectivity index (χ4n) is 2.29. The van der Waals surface area contributed by atoms with E-state index in [1.165, 1.54) is 4.57 Å². The van der Waals surface area contributed by atoms with Crippen molar-refractivity contribution in [3.63, 3.8) is 0 Å². The van der Waals surface area contributed by atoms with Crippen LogP contribution in [0.25, 0.3) is 16.7 Å². The quantitative estimate of drug-likeness (QED) is 0.740. The summed E-state index contributed by atoms with van der Waals surface area (Å²) in [7, 11) is 0. The summed E-state index contributed by atoms with van der Waals surface area (Å²) < 4.78 is 28.7. The maximum absolute atomic E-state index is 14.1. The first-order valence-corrected chi connectivity index (χ1v) is 6.25. The number of nitrogens with two attached hydrogens (primary N) is 1. The van der Waals surface area contributed by atoms with Gasteiger partial charge in [-0.1, -0.05) is 23.7 Å². The number of benzene rings is 2. The molecular weight excluding hydrogens is 284 g/mol. The summed E-state index contributed by atoms with van der Waals surface area (Å²) in [5, 5.41) is -0.0586. The summed E-state index contributed by atoms with van der Waals surface area (Å²) in [6.07, 6.45) is 0. The first-order chi connectivity index (χ1) is 9.49. The molecule has 0 aliphatic heterocycles. The summed E-state index contributed by atoms with van der Waals surface area (Å²) in [6, 6.07) is 7.27. The van der Waals surface area contributed by atoms with Gasteiger partial charge in [0, 0.05) is 6.07 Å². The highest BCUT2D eigenvalue weighted by molar-refractivity contribution is 6.32. The van der Waals surface area contributed by atoms with Gasteiger partial charge in [0.05, 0.1) is 16.1 Å². The molecule has 2 aromatic carbocycles. The molecule has 0 aliphatic carbocycles. The lowest BCUT2D eigenvalue weighted by molar-refractivity contribution is 0.579. The van der Waals surface area contributed by atoms with Crippen molar-refractivity contribution in [1.82, 2.24) is 9.55 Å². The molecule has 6 heteroatoms.